The molecule has 0 bridgehead atoms. The van der Waals surface area contributed by atoms with Gasteiger partial charge in [-0.05, 0) is 63.6 Å². The monoisotopic (exact) mass is 810 g/mol. The van der Waals surface area contributed by atoms with Gasteiger partial charge in [0, 0.05) is 94.3 Å². The smallest absolute Gasteiger partial charge is 0.328 e. The predicted octanol–water partition coefficient (Wildman–Crippen LogP) is 4.19. The summed E-state index contributed by atoms with van der Waals surface area (Å²) in [4.78, 5) is 70.3. The minimum absolute atomic E-state index is 0.0382. The van der Waals surface area contributed by atoms with Crippen molar-refractivity contribution in [2.24, 2.45) is 5.92 Å². The summed E-state index contributed by atoms with van der Waals surface area (Å²) in [5, 5.41) is 24.6. The molecule has 3 aromatic heterocycles. The second-order valence-corrected chi connectivity index (χ2v) is 15.8. The number of aromatic nitrogens is 5. The number of carbonyl (C=O) groups excluding carboxylic acids is 3. The van der Waals surface area contributed by atoms with Gasteiger partial charge in [-0.1, -0.05) is 11.6 Å². The number of amides is 4. The van der Waals surface area contributed by atoms with E-state index < -0.39 is 6.03 Å². The summed E-state index contributed by atoms with van der Waals surface area (Å²) in [6.07, 6.45) is 13.0. The quantitative estimate of drug-likeness (QED) is 0.253. The van der Waals surface area contributed by atoms with E-state index in [9.17, 15) is 19.6 Å². The Morgan fingerprint density at radius 1 is 0.983 bits per heavy atom. The molecule has 8 rings (SSSR count). The number of carboxylic acid groups (broad SMARTS) is 1. The lowest BCUT2D eigenvalue weighted by Crippen LogP contribution is -2.58. The average Bonchev–Trinajstić information content (AvgIpc) is 3.67. The van der Waals surface area contributed by atoms with Gasteiger partial charge in [0.1, 0.15) is 6.07 Å². The number of piperazine rings is 1. The molecule has 4 aliphatic heterocycles. The lowest BCUT2D eigenvalue weighted by atomic mass is 9.95. The standard InChI is InChI=1S/C39H45ClN12O3.CH2O2/c1-25-23-51(26(2)22-50(25)31-4-3-28(16-41)33(40)15-31)37(54)29-17-43-38(44-18-29)48-12-5-27(6-13-48)24-47-10-7-30(8-11-47)52-35-21-42-20-34(32(35)19-45-52)49-14-9-36(53)46-39(49)55;2-1-3/h3-4,15,17-21,25-27,30H,5-14,22-24H2,1-2H3,(H,46,53,55);1H,(H,2,3)/t25-,26+;/m0./s1. The number of hydrogen-bond donors (Lipinski definition) is 2. The minimum Gasteiger partial charge on any atom is -0.483 e. The molecule has 2 atom stereocenters. The first-order valence-electron chi connectivity index (χ1n) is 19.7. The molecule has 4 amide bonds. The van der Waals surface area contributed by atoms with E-state index in [-0.39, 0.29) is 42.8 Å². The molecule has 2 N–H and O–H groups in total. The van der Waals surface area contributed by atoms with Gasteiger partial charge in [-0.3, -0.25) is 34.3 Å². The van der Waals surface area contributed by atoms with Gasteiger partial charge in [-0.2, -0.15) is 10.4 Å². The Bertz CT molecular complexity index is 2180. The van der Waals surface area contributed by atoms with Crippen molar-refractivity contribution in [2.45, 2.75) is 64.1 Å². The number of anilines is 3. The number of rotatable bonds is 7. The molecule has 4 fully saturated rings. The fourth-order valence-electron chi connectivity index (χ4n) is 8.58. The van der Waals surface area contributed by atoms with Gasteiger partial charge in [0.2, 0.25) is 11.9 Å². The topological polar surface area (TPSA) is 197 Å². The summed E-state index contributed by atoms with van der Waals surface area (Å²) in [6.45, 7) is 10.2. The van der Waals surface area contributed by atoms with E-state index in [0.29, 0.717) is 53.3 Å². The number of carbonyl (C=O) groups is 4. The Labute approximate surface area is 341 Å². The van der Waals surface area contributed by atoms with Crippen LogP contribution < -0.4 is 20.0 Å². The van der Waals surface area contributed by atoms with Crippen LogP contribution in [0.3, 0.4) is 0 Å². The maximum Gasteiger partial charge on any atom is 0.328 e. The molecule has 7 heterocycles. The number of nitrogens with zero attached hydrogens (tertiary/aromatic N) is 11. The molecule has 58 heavy (non-hydrogen) atoms. The normalized spacial score (nSPS) is 21.0. The summed E-state index contributed by atoms with van der Waals surface area (Å²) in [5.74, 6) is 0.928. The summed E-state index contributed by atoms with van der Waals surface area (Å²) in [5.41, 5.74) is 3.46. The third kappa shape index (κ3) is 8.53. The van der Waals surface area contributed by atoms with E-state index in [4.69, 9.17) is 26.6 Å². The Balaban J connectivity index is 0.00000166. The van der Waals surface area contributed by atoms with E-state index in [2.05, 4.69) is 52.6 Å². The Kier molecular flexibility index (Phi) is 12.3. The van der Waals surface area contributed by atoms with Crippen molar-refractivity contribution in [1.82, 2.24) is 39.8 Å². The van der Waals surface area contributed by atoms with E-state index in [0.717, 1.165) is 75.0 Å². The van der Waals surface area contributed by atoms with Crippen LogP contribution in [0.1, 0.15) is 67.9 Å². The number of likely N-dealkylation sites (tertiary alicyclic amines) is 1. The average molecular weight is 811 g/mol. The third-order valence-electron chi connectivity index (χ3n) is 11.7. The Hall–Kier alpha value is -5.86. The molecule has 0 radical (unpaired) electrons. The van der Waals surface area contributed by atoms with Gasteiger partial charge in [0.15, 0.2) is 0 Å². The zero-order valence-electron chi connectivity index (χ0n) is 32.6. The van der Waals surface area contributed by atoms with Crippen LogP contribution in [-0.2, 0) is 9.59 Å². The number of nitriles is 1. The molecule has 0 aliphatic carbocycles. The summed E-state index contributed by atoms with van der Waals surface area (Å²) in [7, 11) is 0. The molecule has 0 unspecified atom stereocenters. The fraction of sp³-hybridized carbons (Fsp3) is 0.475. The van der Waals surface area contributed by atoms with Crippen LogP contribution in [0.5, 0.6) is 0 Å². The molecular formula is C40H47ClN12O5. The van der Waals surface area contributed by atoms with Crippen molar-refractivity contribution in [3.05, 3.63) is 65.3 Å². The van der Waals surface area contributed by atoms with Gasteiger partial charge < -0.3 is 24.7 Å². The van der Waals surface area contributed by atoms with Gasteiger partial charge in [0.25, 0.3) is 12.4 Å². The van der Waals surface area contributed by atoms with Crippen LogP contribution in [0.15, 0.2) is 49.2 Å². The van der Waals surface area contributed by atoms with Crippen LogP contribution in [0.25, 0.3) is 10.9 Å². The number of piperidine rings is 2. The number of hydrogen-bond acceptors (Lipinski definition) is 12. The molecule has 0 saturated carbocycles. The van der Waals surface area contributed by atoms with Crippen molar-refractivity contribution in [3.8, 4) is 6.07 Å². The molecule has 4 aromatic rings. The first-order valence-corrected chi connectivity index (χ1v) is 20.0. The maximum absolute atomic E-state index is 13.6. The van der Waals surface area contributed by atoms with Crippen LogP contribution in [-0.4, -0.2) is 128 Å². The molecule has 4 aliphatic rings. The largest absolute Gasteiger partial charge is 0.483 e. The third-order valence-corrected chi connectivity index (χ3v) is 12.0. The second-order valence-electron chi connectivity index (χ2n) is 15.4. The number of imide groups is 1. The van der Waals surface area contributed by atoms with Crippen molar-refractivity contribution < 1.29 is 24.3 Å². The van der Waals surface area contributed by atoms with Gasteiger partial charge in [-0.15, -0.1) is 0 Å². The Morgan fingerprint density at radius 2 is 1.71 bits per heavy atom. The zero-order valence-corrected chi connectivity index (χ0v) is 33.3. The minimum atomic E-state index is -0.421. The molecule has 304 valence electrons. The highest BCUT2D eigenvalue weighted by Gasteiger charge is 2.34. The van der Waals surface area contributed by atoms with E-state index in [1.807, 2.05) is 36.4 Å². The van der Waals surface area contributed by atoms with E-state index in [1.54, 1.807) is 29.6 Å². The molecule has 4 saturated heterocycles. The molecular weight excluding hydrogens is 764 g/mol. The predicted molar refractivity (Wildman–Crippen MR) is 217 cm³/mol. The van der Waals surface area contributed by atoms with Crippen molar-refractivity contribution in [2.75, 3.05) is 67.1 Å². The van der Waals surface area contributed by atoms with Gasteiger partial charge in [-0.25, -0.2) is 14.8 Å². The highest BCUT2D eigenvalue weighted by Crippen LogP contribution is 2.33. The number of halogens is 1. The van der Waals surface area contributed by atoms with E-state index >= 15 is 0 Å². The summed E-state index contributed by atoms with van der Waals surface area (Å²) in [6, 6.07) is 7.44. The number of benzene rings is 1. The summed E-state index contributed by atoms with van der Waals surface area (Å²) < 4.78 is 2.06. The first-order chi connectivity index (χ1) is 28.1. The molecule has 17 nitrogen and oxygen atoms in total. The molecule has 1 aromatic carbocycles. The van der Waals surface area contributed by atoms with Crippen LogP contribution >= 0.6 is 11.6 Å². The molecule has 18 heteroatoms. The Morgan fingerprint density at radius 3 is 2.38 bits per heavy atom. The fourth-order valence-corrected chi connectivity index (χ4v) is 8.79. The van der Waals surface area contributed by atoms with Crippen LogP contribution in [0, 0.1) is 17.2 Å². The SMILES string of the molecule is C[C@@H]1CN(c2ccc(C#N)c(Cl)c2)[C@@H](C)CN1C(=O)c1cnc(N2CCC(CN3CCC(n4ncc5c(N6CCC(=O)NC6=O)cncc54)CC3)CC2)nc1.O=CO. The van der Waals surface area contributed by atoms with E-state index in [1.165, 1.54) is 0 Å². The van der Waals surface area contributed by atoms with Crippen molar-refractivity contribution in [1.29, 1.82) is 5.26 Å². The first kappa shape index (κ1) is 40.3. The number of nitrogens with one attached hydrogen (secondary N) is 1. The second kappa shape index (κ2) is 17.7. The highest BCUT2D eigenvalue weighted by atomic mass is 35.5. The number of pyridine rings is 1. The van der Waals surface area contributed by atoms with Gasteiger partial charge in [0.05, 0.1) is 52.0 Å². The van der Waals surface area contributed by atoms with Crippen molar-refractivity contribution in [3.63, 3.8) is 0 Å². The lowest BCUT2D eigenvalue weighted by molar-refractivity contribution is -0.123. The lowest BCUT2D eigenvalue weighted by Gasteiger charge is -2.45. The molecule has 0 spiro atoms. The van der Waals surface area contributed by atoms with Crippen LogP contribution in [0.4, 0.5) is 22.1 Å². The van der Waals surface area contributed by atoms with Gasteiger partial charge >= 0.3 is 6.03 Å². The zero-order chi connectivity index (χ0) is 40.9. The maximum atomic E-state index is 13.6. The summed E-state index contributed by atoms with van der Waals surface area (Å²) >= 11 is 6.31. The van der Waals surface area contributed by atoms with Crippen LogP contribution in [0.2, 0.25) is 5.02 Å². The number of urea groups is 1. The van der Waals surface area contributed by atoms with Crippen molar-refractivity contribution >= 4 is 64.1 Å². The highest BCUT2D eigenvalue weighted by molar-refractivity contribution is 6.32. The number of fused-ring (bicyclic) bond motifs is 1.